The largest absolute Gasteiger partial charge is 0.368 e. The highest BCUT2D eigenvalue weighted by atomic mass is 16.2. The number of hydrogen-bond acceptors (Lipinski definition) is 3. The van der Waals surface area contributed by atoms with Crippen LogP contribution in [0.5, 0.6) is 0 Å². The summed E-state index contributed by atoms with van der Waals surface area (Å²) in [6.45, 7) is 0.693. The van der Waals surface area contributed by atoms with Gasteiger partial charge in [-0.05, 0) is 42.3 Å². The standard InChI is InChI=1S/C22H22N4O3/c23-21(28)19(12-15-13-24-18-5-2-1-4-17(15)18)25-22(29)14-7-9-16(10-8-14)26-11-3-6-20(26)27/h1-2,4-5,7-10,13,19,24H,3,6,11-12H2,(H2,23,28)(H,25,29)/t19-/m1/s1. The van der Waals surface area contributed by atoms with E-state index in [0.29, 0.717) is 24.9 Å². The number of amides is 3. The number of aromatic nitrogens is 1. The smallest absolute Gasteiger partial charge is 0.251 e. The molecule has 0 bridgehead atoms. The summed E-state index contributed by atoms with van der Waals surface area (Å²) in [6.07, 6.45) is 3.52. The summed E-state index contributed by atoms with van der Waals surface area (Å²) >= 11 is 0. The number of hydrogen-bond donors (Lipinski definition) is 3. The predicted octanol–water partition coefficient (Wildman–Crippen LogP) is 2.12. The fraction of sp³-hybridized carbons (Fsp3) is 0.227. The lowest BCUT2D eigenvalue weighted by atomic mass is 10.0. The highest BCUT2D eigenvalue weighted by molar-refractivity contribution is 5.99. The molecule has 0 unspecified atom stereocenters. The molecule has 4 N–H and O–H groups in total. The van der Waals surface area contributed by atoms with Crippen LogP contribution < -0.4 is 16.0 Å². The van der Waals surface area contributed by atoms with Gasteiger partial charge in [0, 0.05) is 47.7 Å². The van der Waals surface area contributed by atoms with Crippen molar-refractivity contribution in [2.45, 2.75) is 25.3 Å². The molecule has 2 aromatic carbocycles. The second-order valence-electron chi connectivity index (χ2n) is 7.19. The Labute approximate surface area is 167 Å². The van der Waals surface area contributed by atoms with Crippen LogP contribution in [0.2, 0.25) is 0 Å². The third-order valence-electron chi connectivity index (χ3n) is 5.26. The molecule has 0 spiro atoms. The number of H-pyrrole nitrogens is 1. The summed E-state index contributed by atoms with van der Waals surface area (Å²) < 4.78 is 0. The summed E-state index contributed by atoms with van der Waals surface area (Å²) in [5, 5.41) is 3.72. The van der Waals surface area contributed by atoms with E-state index in [0.717, 1.165) is 28.6 Å². The average Bonchev–Trinajstić information content (AvgIpc) is 3.34. The third kappa shape index (κ3) is 3.85. The SMILES string of the molecule is NC(=O)[C@@H](Cc1c[nH]c2ccccc12)NC(=O)c1ccc(N2CCCC2=O)cc1. The highest BCUT2D eigenvalue weighted by Crippen LogP contribution is 2.22. The van der Waals surface area contributed by atoms with Crippen molar-refractivity contribution < 1.29 is 14.4 Å². The molecular weight excluding hydrogens is 368 g/mol. The lowest BCUT2D eigenvalue weighted by Gasteiger charge is -2.17. The number of nitrogens with one attached hydrogen (secondary N) is 2. The Bertz CT molecular complexity index is 1070. The van der Waals surface area contributed by atoms with E-state index in [1.807, 2.05) is 30.5 Å². The van der Waals surface area contributed by atoms with Gasteiger partial charge < -0.3 is 20.9 Å². The zero-order valence-electron chi connectivity index (χ0n) is 15.9. The number of carbonyl (C=O) groups is 3. The quantitative estimate of drug-likeness (QED) is 0.600. The van der Waals surface area contributed by atoms with Crippen LogP contribution >= 0.6 is 0 Å². The molecule has 7 nitrogen and oxygen atoms in total. The summed E-state index contributed by atoms with van der Waals surface area (Å²) in [6, 6.07) is 13.7. The van der Waals surface area contributed by atoms with Gasteiger partial charge in [0.15, 0.2) is 0 Å². The summed E-state index contributed by atoms with van der Waals surface area (Å²) in [5.41, 5.74) is 8.59. The van der Waals surface area contributed by atoms with E-state index in [-0.39, 0.29) is 11.8 Å². The van der Waals surface area contributed by atoms with Crippen molar-refractivity contribution in [3.05, 3.63) is 65.9 Å². The molecular formula is C22H22N4O3. The number of carbonyl (C=O) groups excluding carboxylic acids is 3. The van der Waals surface area contributed by atoms with Crippen molar-refractivity contribution in [2.24, 2.45) is 5.73 Å². The predicted molar refractivity (Wildman–Crippen MR) is 110 cm³/mol. The minimum Gasteiger partial charge on any atom is -0.368 e. The Morgan fingerprint density at radius 2 is 1.90 bits per heavy atom. The number of nitrogens with two attached hydrogens (primary N) is 1. The van der Waals surface area contributed by atoms with Crippen molar-refractivity contribution in [3.63, 3.8) is 0 Å². The molecule has 1 aliphatic rings. The molecule has 1 aromatic heterocycles. The number of rotatable bonds is 6. The van der Waals surface area contributed by atoms with Crippen LogP contribution in [0.1, 0.15) is 28.8 Å². The first kappa shape index (κ1) is 18.7. The van der Waals surface area contributed by atoms with E-state index in [4.69, 9.17) is 5.73 Å². The molecule has 3 amide bonds. The molecule has 1 fully saturated rings. The van der Waals surface area contributed by atoms with E-state index < -0.39 is 11.9 Å². The molecule has 148 valence electrons. The number of aromatic amines is 1. The Kier molecular flexibility index (Phi) is 5.03. The van der Waals surface area contributed by atoms with Crippen LogP contribution in [0.4, 0.5) is 5.69 Å². The molecule has 4 rings (SSSR count). The summed E-state index contributed by atoms with van der Waals surface area (Å²) in [4.78, 5) is 41.3. The van der Waals surface area contributed by atoms with E-state index >= 15 is 0 Å². The molecule has 7 heteroatoms. The maximum Gasteiger partial charge on any atom is 0.251 e. The van der Waals surface area contributed by atoms with Gasteiger partial charge in [-0.25, -0.2) is 0 Å². The third-order valence-corrected chi connectivity index (χ3v) is 5.26. The zero-order chi connectivity index (χ0) is 20.4. The first-order valence-electron chi connectivity index (χ1n) is 9.58. The van der Waals surface area contributed by atoms with E-state index in [9.17, 15) is 14.4 Å². The maximum atomic E-state index is 12.6. The van der Waals surface area contributed by atoms with Gasteiger partial charge in [0.05, 0.1) is 0 Å². The van der Waals surface area contributed by atoms with Gasteiger partial charge in [0.25, 0.3) is 5.91 Å². The number of para-hydroxylation sites is 1. The lowest BCUT2D eigenvalue weighted by molar-refractivity contribution is -0.120. The van der Waals surface area contributed by atoms with Gasteiger partial charge >= 0.3 is 0 Å². The fourth-order valence-electron chi connectivity index (χ4n) is 3.70. The highest BCUT2D eigenvalue weighted by Gasteiger charge is 2.23. The van der Waals surface area contributed by atoms with Gasteiger partial charge in [-0.3, -0.25) is 14.4 Å². The average molecular weight is 390 g/mol. The van der Waals surface area contributed by atoms with Crippen molar-refractivity contribution in [1.29, 1.82) is 0 Å². The number of nitrogens with zero attached hydrogens (tertiary/aromatic N) is 1. The van der Waals surface area contributed by atoms with Crippen LogP contribution in [0.3, 0.4) is 0 Å². The fourth-order valence-corrected chi connectivity index (χ4v) is 3.70. The van der Waals surface area contributed by atoms with Crippen LogP contribution in [0.25, 0.3) is 10.9 Å². The monoisotopic (exact) mass is 390 g/mol. The summed E-state index contributed by atoms with van der Waals surface area (Å²) in [5.74, 6) is -0.884. The Morgan fingerprint density at radius 1 is 1.14 bits per heavy atom. The van der Waals surface area contributed by atoms with Gasteiger partial charge in [-0.2, -0.15) is 0 Å². The van der Waals surface area contributed by atoms with Crippen molar-refractivity contribution in [3.8, 4) is 0 Å². The second-order valence-corrected chi connectivity index (χ2v) is 7.19. The number of primary amides is 1. The molecule has 1 aliphatic heterocycles. The molecule has 0 aliphatic carbocycles. The number of fused-ring (bicyclic) bond motifs is 1. The van der Waals surface area contributed by atoms with Crippen LogP contribution in [-0.2, 0) is 16.0 Å². The normalized spacial score (nSPS) is 14.9. The minimum absolute atomic E-state index is 0.0923. The molecule has 0 radical (unpaired) electrons. The van der Waals surface area contributed by atoms with Crippen LogP contribution in [-0.4, -0.2) is 35.3 Å². The van der Waals surface area contributed by atoms with E-state index in [2.05, 4.69) is 10.3 Å². The zero-order valence-corrected chi connectivity index (χ0v) is 15.9. The lowest BCUT2D eigenvalue weighted by Crippen LogP contribution is -2.45. The van der Waals surface area contributed by atoms with Crippen LogP contribution in [0, 0.1) is 0 Å². The molecule has 1 saturated heterocycles. The minimum atomic E-state index is -0.832. The maximum absolute atomic E-state index is 12.6. The second kappa shape index (κ2) is 7.79. The Hall–Kier alpha value is -3.61. The Morgan fingerprint density at radius 3 is 2.59 bits per heavy atom. The van der Waals surface area contributed by atoms with Crippen molar-refractivity contribution in [1.82, 2.24) is 10.3 Å². The van der Waals surface area contributed by atoms with Gasteiger partial charge in [0.1, 0.15) is 6.04 Å². The first-order valence-corrected chi connectivity index (χ1v) is 9.58. The van der Waals surface area contributed by atoms with Crippen molar-refractivity contribution in [2.75, 3.05) is 11.4 Å². The van der Waals surface area contributed by atoms with Crippen molar-refractivity contribution >= 4 is 34.3 Å². The topological polar surface area (TPSA) is 108 Å². The molecule has 0 saturated carbocycles. The van der Waals surface area contributed by atoms with Gasteiger partial charge in [-0.1, -0.05) is 18.2 Å². The molecule has 29 heavy (non-hydrogen) atoms. The molecule has 2 heterocycles. The number of benzene rings is 2. The summed E-state index contributed by atoms with van der Waals surface area (Å²) in [7, 11) is 0. The number of anilines is 1. The van der Waals surface area contributed by atoms with Gasteiger partial charge in [0.2, 0.25) is 11.8 Å². The van der Waals surface area contributed by atoms with Gasteiger partial charge in [-0.15, -0.1) is 0 Å². The van der Waals surface area contributed by atoms with E-state index in [1.165, 1.54) is 0 Å². The molecule has 3 aromatic rings. The van der Waals surface area contributed by atoms with Crippen LogP contribution in [0.15, 0.2) is 54.7 Å². The molecule has 1 atom stereocenters. The van der Waals surface area contributed by atoms with E-state index in [1.54, 1.807) is 29.2 Å². The Balaban J connectivity index is 1.47. The first-order chi connectivity index (χ1) is 14.0.